The molecule has 0 atom stereocenters. The summed E-state index contributed by atoms with van der Waals surface area (Å²) in [5.74, 6) is 3.75. The lowest BCUT2D eigenvalue weighted by Gasteiger charge is -2.28. The van der Waals surface area contributed by atoms with Gasteiger partial charge < -0.3 is 15.6 Å². The zero-order valence-corrected chi connectivity index (χ0v) is 12.3. The number of hydrogen-bond donors (Lipinski definition) is 3. The highest BCUT2D eigenvalue weighted by Crippen LogP contribution is 2.16. The summed E-state index contributed by atoms with van der Waals surface area (Å²) in [6, 6.07) is 1.32. The average molecular weight is 283 g/mol. The molecule has 0 aromatic carbocycles. The number of nitrogens with one attached hydrogen (secondary N) is 2. The molecule has 20 heavy (non-hydrogen) atoms. The molecule has 0 saturated heterocycles. The first-order valence-electron chi connectivity index (χ1n) is 6.31. The van der Waals surface area contributed by atoms with Crippen LogP contribution < -0.4 is 16.6 Å². The third-order valence-electron chi connectivity index (χ3n) is 2.74. The zero-order chi connectivity index (χ0) is 15.3. The van der Waals surface area contributed by atoms with Crippen molar-refractivity contribution >= 4 is 11.7 Å². The smallest absolute Gasteiger partial charge is 0.254 e. The molecule has 0 aliphatic carbocycles. The second kappa shape index (κ2) is 6.62. The maximum Gasteiger partial charge on any atom is 0.254 e. The van der Waals surface area contributed by atoms with Crippen molar-refractivity contribution < 1.29 is 9.18 Å². The molecule has 7 heteroatoms. The van der Waals surface area contributed by atoms with Crippen molar-refractivity contribution in [1.82, 2.24) is 15.2 Å². The molecule has 0 fully saturated rings. The van der Waals surface area contributed by atoms with E-state index in [0.717, 1.165) is 6.54 Å². The van der Waals surface area contributed by atoms with Gasteiger partial charge in [-0.2, -0.15) is 0 Å². The molecule has 1 aromatic rings. The number of carbonyl (C=O) groups excluding carboxylic acids is 1. The van der Waals surface area contributed by atoms with E-state index in [9.17, 15) is 9.18 Å². The topological polar surface area (TPSA) is 83.3 Å². The van der Waals surface area contributed by atoms with E-state index in [2.05, 4.69) is 15.7 Å². The molecule has 0 unspecified atom stereocenters. The van der Waals surface area contributed by atoms with Gasteiger partial charge >= 0.3 is 0 Å². The number of hydrazine groups is 1. The third kappa shape index (κ3) is 4.43. The number of carbonyl (C=O) groups is 1. The molecule has 112 valence electrons. The lowest BCUT2D eigenvalue weighted by Crippen LogP contribution is -2.40. The van der Waals surface area contributed by atoms with Gasteiger partial charge in [0.25, 0.3) is 5.91 Å². The van der Waals surface area contributed by atoms with Crippen LogP contribution in [0.2, 0.25) is 0 Å². The van der Waals surface area contributed by atoms with Gasteiger partial charge in [0.1, 0.15) is 0 Å². The number of anilines is 1. The van der Waals surface area contributed by atoms with Crippen LogP contribution in [0.4, 0.5) is 10.2 Å². The Morgan fingerprint density at radius 1 is 1.50 bits per heavy atom. The van der Waals surface area contributed by atoms with Crippen LogP contribution in [0.3, 0.4) is 0 Å². The molecule has 0 aliphatic rings. The predicted molar refractivity (Wildman–Crippen MR) is 76.7 cm³/mol. The minimum Gasteiger partial charge on any atom is -0.351 e. The molecule has 0 saturated carbocycles. The van der Waals surface area contributed by atoms with Gasteiger partial charge in [-0.1, -0.05) is 13.8 Å². The van der Waals surface area contributed by atoms with E-state index in [-0.39, 0.29) is 16.8 Å². The van der Waals surface area contributed by atoms with E-state index >= 15 is 0 Å². The van der Waals surface area contributed by atoms with Crippen LogP contribution in [0.5, 0.6) is 0 Å². The number of halogens is 1. The summed E-state index contributed by atoms with van der Waals surface area (Å²) >= 11 is 0. The van der Waals surface area contributed by atoms with Crippen LogP contribution in [-0.2, 0) is 0 Å². The Kier molecular flexibility index (Phi) is 5.41. The molecule has 0 aliphatic heterocycles. The molecule has 1 aromatic heterocycles. The summed E-state index contributed by atoms with van der Waals surface area (Å²) in [6.07, 6.45) is 1.33. The number of nitrogens with two attached hydrogens (primary N) is 1. The van der Waals surface area contributed by atoms with Crippen LogP contribution in [0.15, 0.2) is 12.3 Å². The van der Waals surface area contributed by atoms with Gasteiger partial charge in [0, 0.05) is 19.3 Å². The fourth-order valence-electron chi connectivity index (χ4n) is 2.05. The van der Waals surface area contributed by atoms with Crippen LogP contribution in [0, 0.1) is 11.2 Å². The highest BCUT2D eigenvalue weighted by Gasteiger charge is 2.22. The molecular formula is C13H22FN5O. The Morgan fingerprint density at radius 2 is 2.15 bits per heavy atom. The quantitative estimate of drug-likeness (QED) is 0.532. The highest BCUT2D eigenvalue weighted by molar-refractivity contribution is 5.95. The summed E-state index contributed by atoms with van der Waals surface area (Å²) in [4.78, 5) is 17.7. The second-order valence-corrected chi connectivity index (χ2v) is 5.75. The minimum atomic E-state index is -0.752. The maximum atomic E-state index is 13.9. The largest absolute Gasteiger partial charge is 0.351 e. The Hall–Kier alpha value is -1.73. The number of pyridine rings is 1. The first-order chi connectivity index (χ1) is 9.26. The van der Waals surface area contributed by atoms with Gasteiger partial charge in [-0.05, 0) is 25.6 Å². The van der Waals surface area contributed by atoms with Crippen LogP contribution in [-0.4, -0.2) is 43.0 Å². The van der Waals surface area contributed by atoms with Crippen molar-refractivity contribution in [3.05, 3.63) is 23.6 Å². The molecule has 6 nitrogen and oxygen atoms in total. The average Bonchev–Trinajstić information content (AvgIpc) is 2.35. The van der Waals surface area contributed by atoms with E-state index in [1.807, 2.05) is 32.8 Å². The zero-order valence-electron chi connectivity index (χ0n) is 12.3. The van der Waals surface area contributed by atoms with E-state index in [0.29, 0.717) is 6.54 Å². The highest BCUT2D eigenvalue weighted by atomic mass is 19.1. The lowest BCUT2D eigenvalue weighted by molar-refractivity contribution is 0.0925. The first kappa shape index (κ1) is 16.3. The molecule has 0 bridgehead atoms. The van der Waals surface area contributed by atoms with Crippen LogP contribution in [0.1, 0.15) is 24.2 Å². The lowest BCUT2D eigenvalue weighted by atomic mass is 9.93. The summed E-state index contributed by atoms with van der Waals surface area (Å²) in [5, 5.41) is 2.73. The third-order valence-corrected chi connectivity index (χ3v) is 2.74. The number of hydrogen-bond acceptors (Lipinski definition) is 5. The summed E-state index contributed by atoms with van der Waals surface area (Å²) < 4.78 is 13.9. The molecule has 1 rings (SSSR count). The number of rotatable bonds is 6. The molecule has 4 N–H and O–H groups in total. The monoisotopic (exact) mass is 283 g/mol. The summed E-state index contributed by atoms with van der Waals surface area (Å²) in [6.45, 7) is 5.31. The van der Waals surface area contributed by atoms with Crippen molar-refractivity contribution in [1.29, 1.82) is 0 Å². The van der Waals surface area contributed by atoms with Gasteiger partial charge in [0.2, 0.25) is 0 Å². The fraction of sp³-hybridized carbons (Fsp3) is 0.538. The number of nitrogen functional groups attached to an aromatic ring is 1. The van der Waals surface area contributed by atoms with Gasteiger partial charge in [-0.25, -0.2) is 15.2 Å². The van der Waals surface area contributed by atoms with Crippen LogP contribution >= 0.6 is 0 Å². The van der Waals surface area contributed by atoms with E-state index < -0.39 is 11.7 Å². The second-order valence-electron chi connectivity index (χ2n) is 5.75. The van der Waals surface area contributed by atoms with Gasteiger partial charge in [0.15, 0.2) is 11.6 Å². The van der Waals surface area contributed by atoms with E-state index in [4.69, 9.17) is 5.84 Å². The SMILES string of the molecule is CN(C)CC(C)(C)CNC(=O)c1ccnc(NN)c1F. The fourth-order valence-corrected chi connectivity index (χ4v) is 2.05. The Balaban J connectivity index is 2.73. The molecule has 1 heterocycles. The number of nitrogens with zero attached hydrogens (tertiary/aromatic N) is 2. The van der Waals surface area contributed by atoms with Gasteiger partial charge in [0.05, 0.1) is 5.56 Å². The van der Waals surface area contributed by atoms with E-state index in [1.165, 1.54) is 12.3 Å². The molecule has 0 spiro atoms. The van der Waals surface area contributed by atoms with E-state index in [1.54, 1.807) is 0 Å². The van der Waals surface area contributed by atoms with Crippen molar-refractivity contribution in [2.24, 2.45) is 11.3 Å². The predicted octanol–water partition coefficient (Wildman–Crippen LogP) is 0.824. The number of aromatic nitrogens is 1. The minimum absolute atomic E-state index is 0.0754. The van der Waals surface area contributed by atoms with Crippen LogP contribution in [0.25, 0.3) is 0 Å². The normalized spacial score (nSPS) is 11.6. The molecule has 0 radical (unpaired) electrons. The Bertz CT molecular complexity index is 476. The number of amides is 1. The van der Waals surface area contributed by atoms with Crippen molar-refractivity contribution in [2.75, 3.05) is 32.6 Å². The van der Waals surface area contributed by atoms with Crippen molar-refractivity contribution in [3.8, 4) is 0 Å². The Morgan fingerprint density at radius 3 is 2.70 bits per heavy atom. The summed E-state index contributed by atoms with van der Waals surface area (Å²) in [7, 11) is 3.93. The first-order valence-corrected chi connectivity index (χ1v) is 6.31. The molecule has 1 amide bonds. The summed E-state index contributed by atoms with van der Waals surface area (Å²) in [5.41, 5.74) is 1.93. The van der Waals surface area contributed by atoms with Crippen molar-refractivity contribution in [3.63, 3.8) is 0 Å². The molecular weight excluding hydrogens is 261 g/mol. The van der Waals surface area contributed by atoms with Gasteiger partial charge in [-0.15, -0.1) is 0 Å². The standard InChI is InChI=1S/C13H22FN5O/c1-13(2,8-19(3)4)7-17-12(20)9-5-6-16-11(18-15)10(9)14/h5-6H,7-8,15H2,1-4H3,(H,16,18)(H,17,20). The Labute approximate surface area is 118 Å². The maximum absolute atomic E-state index is 13.9. The van der Waals surface area contributed by atoms with Crippen molar-refractivity contribution in [2.45, 2.75) is 13.8 Å². The van der Waals surface area contributed by atoms with Gasteiger partial charge in [-0.3, -0.25) is 4.79 Å².